The van der Waals surface area contributed by atoms with Gasteiger partial charge in [-0.25, -0.2) is 9.50 Å². The van der Waals surface area contributed by atoms with E-state index in [1.54, 1.807) is 16.9 Å². The van der Waals surface area contributed by atoms with Crippen molar-refractivity contribution in [3.05, 3.63) is 42.4 Å². The molecule has 0 amide bonds. The molecule has 1 atom stereocenters. The van der Waals surface area contributed by atoms with E-state index < -0.39 is 6.10 Å². The summed E-state index contributed by atoms with van der Waals surface area (Å²) in [6.45, 7) is 5.87. The van der Waals surface area contributed by atoms with Crippen LogP contribution in [0.3, 0.4) is 0 Å². The van der Waals surface area contributed by atoms with Crippen LogP contribution in [0.4, 0.5) is 5.82 Å². The van der Waals surface area contributed by atoms with Crippen LogP contribution in [-0.2, 0) is 0 Å². The molecular formula is C21H24N6O2. The number of nitrogens with one attached hydrogen (secondary N) is 1. The summed E-state index contributed by atoms with van der Waals surface area (Å²) in [7, 11) is 0. The SMILES string of the molecule is CC[C@@H](O)COc1cc(-c2ccc(N3CCNCC3)nc2)c2c(C#N)cnn2c1. The Hall–Kier alpha value is -3.15. The van der Waals surface area contributed by atoms with Gasteiger partial charge in [0.15, 0.2) is 0 Å². The van der Waals surface area contributed by atoms with E-state index in [9.17, 15) is 10.4 Å². The predicted molar refractivity (Wildman–Crippen MR) is 110 cm³/mol. The van der Waals surface area contributed by atoms with Crippen molar-refractivity contribution in [1.29, 1.82) is 5.26 Å². The maximum atomic E-state index is 9.81. The molecule has 1 fully saturated rings. The molecule has 8 nitrogen and oxygen atoms in total. The quantitative estimate of drug-likeness (QED) is 0.660. The Bertz CT molecular complexity index is 1020. The standard InChI is InChI=1S/C21H24N6O2/c1-2-17(28)14-29-18-9-19(21-16(10-22)12-25-27(21)13-18)15-3-4-20(24-11-15)26-7-5-23-6-8-26/h3-4,9,11-13,17,23,28H,2,5-8,14H2,1H3/t17-/m1/s1. The zero-order valence-electron chi connectivity index (χ0n) is 16.4. The van der Waals surface area contributed by atoms with Gasteiger partial charge in [-0.05, 0) is 24.6 Å². The highest BCUT2D eigenvalue weighted by atomic mass is 16.5. The number of aliphatic hydroxyl groups is 1. The monoisotopic (exact) mass is 392 g/mol. The molecule has 4 rings (SSSR count). The highest BCUT2D eigenvalue weighted by molar-refractivity contribution is 5.85. The summed E-state index contributed by atoms with van der Waals surface area (Å²) < 4.78 is 7.41. The van der Waals surface area contributed by atoms with E-state index in [1.165, 1.54) is 0 Å². The number of hydrogen-bond acceptors (Lipinski definition) is 7. The van der Waals surface area contributed by atoms with Crippen molar-refractivity contribution in [1.82, 2.24) is 19.9 Å². The minimum Gasteiger partial charge on any atom is -0.489 e. The number of aliphatic hydroxyl groups excluding tert-OH is 1. The Kier molecular flexibility index (Phi) is 5.60. The Morgan fingerprint density at radius 1 is 1.31 bits per heavy atom. The van der Waals surface area contributed by atoms with Gasteiger partial charge < -0.3 is 20.1 Å². The van der Waals surface area contributed by atoms with Gasteiger partial charge in [-0.2, -0.15) is 10.4 Å². The number of ether oxygens (including phenoxy) is 1. The summed E-state index contributed by atoms with van der Waals surface area (Å²) in [6, 6.07) is 8.10. The maximum Gasteiger partial charge on any atom is 0.138 e. The number of anilines is 1. The van der Waals surface area contributed by atoms with Crippen LogP contribution in [0.25, 0.3) is 16.6 Å². The molecule has 29 heavy (non-hydrogen) atoms. The van der Waals surface area contributed by atoms with E-state index in [2.05, 4.69) is 26.4 Å². The summed E-state index contributed by atoms with van der Waals surface area (Å²) in [5, 5.41) is 26.9. The van der Waals surface area contributed by atoms with Gasteiger partial charge in [0, 0.05) is 43.5 Å². The molecule has 1 saturated heterocycles. The molecule has 1 aliphatic rings. The van der Waals surface area contributed by atoms with Crippen LogP contribution in [0.2, 0.25) is 0 Å². The third kappa shape index (κ3) is 4.01. The first-order valence-corrected chi connectivity index (χ1v) is 9.84. The number of nitrogens with zero attached hydrogens (tertiary/aromatic N) is 5. The van der Waals surface area contributed by atoms with Gasteiger partial charge in [0.2, 0.25) is 0 Å². The second-order valence-electron chi connectivity index (χ2n) is 7.07. The molecule has 8 heteroatoms. The Balaban J connectivity index is 1.70. The number of hydrogen-bond donors (Lipinski definition) is 2. The lowest BCUT2D eigenvalue weighted by Crippen LogP contribution is -2.43. The van der Waals surface area contributed by atoms with E-state index >= 15 is 0 Å². The fourth-order valence-corrected chi connectivity index (χ4v) is 3.41. The molecule has 0 saturated carbocycles. The van der Waals surface area contributed by atoms with Gasteiger partial charge in [-0.1, -0.05) is 6.92 Å². The lowest BCUT2D eigenvalue weighted by atomic mass is 10.1. The minimum absolute atomic E-state index is 0.202. The number of rotatable bonds is 6. The smallest absolute Gasteiger partial charge is 0.138 e. The molecule has 4 heterocycles. The first kappa shape index (κ1) is 19.2. The van der Waals surface area contributed by atoms with Gasteiger partial charge in [-0.15, -0.1) is 0 Å². The molecule has 0 radical (unpaired) electrons. The zero-order valence-corrected chi connectivity index (χ0v) is 16.4. The number of pyridine rings is 2. The van der Waals surface area contributed by atoms with Crippen molar-refractivity contribution in [2.45, 2.75) is 19.4 Å². The molecule has 0 unspecified atom stereocenters. The van der Waals surface area contributed by atoms with Gasteiger partial charge >= 0.3 is 0 Å². The molecule has 0 bridgehead atoms. The predicted octanol–water partition coefficient (Wildman–Crippen LogP) is 1.83. The summed E-state index contributed by atoms with van der Waals surface area (Å²) in [6.07, 6.45) is 5.19. The molecular weight excluding hydrogens is 368 g/mol. The lowest BCUT2D eigenvalue weighted by molar-refractivity contribution is 0.104. The summed E-state index contributed by atoms with van der Waals surface area (Å²) >= 11 is 0. The summed E-state index contributed by atoms with van der Waals surface area (Å²) in [5.74, 6) is 1.53. The van der Waals surface area contributed by atoms with Crippen LogP contribution < -0.4 is 15.0 Å². The van der Waals surface area contributed by atoms with Gasteiger partial charge in [0.25, 0.3) is 0 Å². The van der Waals surface area contributed by atoms with E-state index in [4.69, 9.17) is 4.74 Å². The molecule has 0 aromatic carbocycles. The van der Waals surface area contributed by atoms with Crippen molar-refractivity contribution >= 4 is 11.3 Å². The minimum atomic E-state index is -0.526. The van der Waals surface area contributed by atoms with Gasteiger partial charge in [0.1, 0.15) is 24.2 Å². The van der Waals surface area contributed by atoms with Crippen LogP contribution in [0.5, 0.6) is 5.75 Å². The second kappa shape index (κ2) is 8.47. The van der Waals surface area contributed by atoms with Gasteiger partial charge in [-0.3, -0.25) is 0 Å². The zero-order chi connectivity index (χ0) is 20.2. The van der Waals surface area contributed by atoms with E-state index in [-0.39, 0.29) is 6.61 Å². The average molecular weight is 392 g/mol. The van der Waals surface area contributed by atoms with Crippen LogP contribution in [-0.4, -0.2) is 58.6 Å². The van der Waals surface area contributed by atoms with Crippen molar-refractivity contribution in [2.24, 2.45) is 0 Å². The normalized spacial score (nSPS) is 15.3. The molecule has 0 spiro atoms. The maximum absolute atomic E-state index is 9.81. The fraction of sp³-hybridized carbons (Fsp3) is 0.381. The van der Waals surface area contributed by atoms with Crippen molar-refractivity contribution in [3.63, 3.8) is 0 Å². The molecule has 3 aromatic rings. The first-order valence-electron chi connectivity index (χ1n) is 9.84. The fourth-order valence-electron chi connectivity index (χ4n) is 3.41. The number of piperazine rings is 1. The van der Waals surface area contributed by atoms with Crippen LogP contribution in [0.1, 0.15) is 18.9 Å². The van der Waals surface area contributed by atoms with Gasteiger partial charge in [0.05, 0.1) is 29.6 Å². The van der Waals surface area contributed by atoms with Crippen molar-refractivity contribution < 1.29 is 9.84 Å². The molecule has 0 aliphatic carbocycles. The number of aromatic nitrogens is 3. The largest absolute Gasteiger partial charge is 0.489 e. The van der Waals surface area contributed by atoms with Crippen molar-refractivity contribution in [2.75, 3.05) is 37.7 Å². The highest BCUT2D eigenvalue weighted by Crippen LogP contribution is 2.31. The average Bonchev–Trinajstić information content (AvgIpc) is 3.20. The van der Waals surface area contributed by atoms with E-state index in [0.717, 1.165) is 43.1 Å². The topological polar surface area (TPSA) is 98.7 Å². The second-order valence-corrected chi connectivity index (χ2v) is 7.07. The van der Waals surface area contributed by atoms with Crippen molar-refractivity contribution in [3.8, 4) is 22.9 Å². The molecule has 2 N–H and O–H groups in total. The number of fused-ring (bicyclic) bond motifs is 1. The molecule has 1 aliphatic heterocycles. The summed E-state index contributed by atoms with van der Waals surface area (Å²) in [5.41, 5.74) is 2.91. The van der Waals surface area contributed by atoms with Crippen LogP contribution >= 0.6 is 0 Å². The third-order valence-corrected chi connectivity index (χ3v) is 5.12. The van der Waals surface area contributed by atoms with Crippen LogP contribution in [0.15, 0.2) is 36.8 Å². The Morgan fingerprint density at radius 3 is 2.83 bits per heavy atom. The highest BCUT2D eigenvalue weighted by Gasteiger charge is 2.16. The molecule has 3 aromatic heterocycles. The van der Waals surface area contributed by atoms with E-state index in [0.29, 0.717) is 23.3 Å². The van der Waals surface area contributed by atoms with Crippen LogP contribution in [0, 0.1) is 11.3 Å². The molecule has 150 valence electrons. The third-order valence-electron chi connectivity index (χ3n) is 5.12. The lowest BCUT2D eigenvalue weighted by Gasteiger charge is -2.28. The Labute approximate surface area is 169 Å². The number of nitriles is 1. The first-order chi connectivity index (χ1) is 14.2. The summed E-state index contributed by atoms with van der Waals surface area (Å²) in [4.78, 5) is 6.90. The Morgan fingerprint density at radius 2 is 2.14 bits per heavy atom. The van der Waals surface area contributed by atoms with E-state index in [1.807, 2.05) is 31.3 Å².